The van der Waals surface area contributed by atoms with Crippen molar-refractivity contribution in [1.82, 2.24) is 0 Å². The van der Waals surface area contributed by atoms with E-state index in [-0.39, 0.29) is 30.9 Å². The normalized spacial score (nSPS) is 16.4. The predicted molar refractivity (Wildman–Crippen MR) is 155 cm³/mol. The van der Waals surface area contributed by atoms with Gasteiger partial charge in [0.1, 0.15) is 0 Å². The lowest BCUT2D eigenvalue weighted by Crippen LogP contribution is -2.43. The van der Waals surface area contributed by atoms with Gasteiger partial charge in [0.15, 0.2) is 0 Å². The van der Waals surface area contributed by atoms with E-state index in [0.717, 1.165) is 0 Å². The summed E-state index contributed by atoms with van der Waals surface area (Å²) in [5.41, 5.74) is 0. The molecule has 0 saturated heterocycles. The zero-order chi connectivity index (χ0) is 25.9. The van der Waals surface area contributed by atoms with Crippen LogP contribution in [0.25, 0.3) is 0 Å². The lowest BCUT2D eigenvalue weighted by atomic mass is 10.2. The molecule has 2 nitrogen and oxygen atoms in total. The zero-order valence-corrected chi connectivity index (χ0v) is 28.1. The van der Waals surface area contributed by atoms with Crippen molar-refractivity contribution in [2.24, 2.45) is 8.82 Å². The highest BCUT2D eigenvalue weighted by molar-refractivity contribution is 7.73. The van der Waals surface area contributed by atoms with Crippen LogP contribution in [0, 0.1) is 0 Å². The van der Waals surface area contributed by atoms with Crippen LogP contribution in [-0.2, 0) is 0 Å². The average molecular weight is 491 g/mol. The molecule has 0 saturated carbocycles. The highest BCUT2D eigenvalue weighted by Gasteiger charge is 2.54. The third-order valence-corrected chi connectivity index (χ3v) is 24.6. The molecule has 0 unspecified atom stereocenters. The molecule has 0 aromatic carbocycles. The highest BCUT2D eigenvalue weighted by Crippen LogP contribution is 2.79. The summed E-state index contributed by atoms with van der Waals surface area (Å²) in [6.07, 6.45) is 0. The number of hydrogen-bond acceptors (Lipinski definition) is 2. The number of nitrogens with zero attached hydrogens (tertiary/aromatic N) is 2. The average Bonchev–Trinajstić information content (AvgIpc) is 2.33. The van der Waals surface area contributed by atoms with Crippen molar-refractivity contribution in [3.05, 3.63) is 0 Å². The third-order valence-electron chi connectivity index (χ3n) is 6.61. The van der Waals surface area contributed by atoms with E-state index in [1.54, 1.807) is 0 Å². The molecule has 0 radical (unpaired) electrons. The van der Waals surface area contributed by atoms with E-state index in [4.69, 9.17) is 8.82 Å². The summed E-state index contributed by atoms with van der Waals surface area (Å²) in [4.78, 5) is 0. The molecule has 0 N–H and O–H groups in total. The standard InChI is InChI=1S/C26H60N2P2Si/c1-21(2,3)29(22(4,5)6,23(7,8)9)27-31(19,20)28-30(24(10,11)12,25(13,14)15)26(16,17)18/h1-20H3. The van der Waals surface area contributed by atoms with Crippen LogP contribution in [0.2, 0.25) is 13.1 Å². The van der Waals surface area contributed by atoms with Gasteiger partial charge in [0.25, 0.3) is 8.40 Å². The molecule has 31 heavy (non-hydrogen) atoms. The fourth-order valence-corrected chi connectivity index (χ4v) is 33.4. The van der Waals surface area contributed by atoms with Crippen LogP contribution in [-0.4, -0.2) is 39.3 Å². The largest absolute Gasteiger partial charge is 0.311 e. The molecule has 0 aliphatic rings. The molecular weight excluding hydrogens is 430 g/mol. The van der Waals surface area contributed by atoms with E-state index in [2.05, 4.69) is 138 Å². The Kier molecular flexibility index (Phi) is 8.59. The van der Waals surface area contributed by atoms with Crippen molar-refractivity contribution < 1.29 is 0 Å². The molecule has 188 valence electrons. The van der Waals surface area contributed by atoms with Crippen LogP contribution in [0.1, 0.15) is 125 Å². The molecule has 0 amide bonds. The quantitative estimate of drug-likeness (QED) is 0.271. The van der Waals surface area contributed by atoms with Crippen molar-refractivity contribution in [3.8, 4) is 0 Å². The van der Waals surface area contributed by atoms with Crippen molar-refractivity contribution >= 4 is 22.5 Å². The second-order valence-electron chi connectivity index (χ2n) is 16.0. The van der Waals surface area contributed by atoms with Gasteiger partial charge in [0.05, 0.1) is 0 Å². The van der Waals surface area contributed by atoms with Gasteiger partial charge >= 0.3 is 0 Å². The Morgan fingerprint density at radius 2 is 0.484 bits per heavy atom. The molecule has 0 bridgehead atoms. The van der Waals surface area contributed by atoms with Gasteiger partial charge in [-0.1, -0.05) is 125 Å². The predicted octanol–water partition coefficient (Wildman–Crippen LogP) is 10.9. The summed E-state index contributed by atoms with van der Waals surface area (Å²) in [5, 5.41) is 0.807. The molecule has 0 aliphatic carbocycles. The maximum atomic E-state index is 6.09. The first-order chi connectivity index (χ1) is 12.9. The van der Waals surface area contributed by atoms with Crippen LogP contribution in [0.5, 0.6) is 0 Å². The van der Waals surface area contributed by atoms with Gasteiger partial charge in [-0.05, 0) is 58.1 Å². The first-order valence-electron chi connectivity index (χ1n) is 12.2. The van der Waals surface area contributed by atoms with Gasteiger partial charge in [-0.15, -0.1) is 0 Å². The van der Waals surface area contributed by atoms with Crippen molar-refractivity contribution in [2.75, 3.05) is 0 Å². The van der Waals surface area contributed by atoms with Gasteiger partial charge in [-0.25, -0.2) is 0 Å². The maximum absolute atomic E-state index is 6.09. The Morgan fingerprint density at radius 1 is 0.355 bits per heavy atom. The maximum Gasteiger partial charge on any atom is 0.292 e. The van der Waals surface area contributed by atoms with Crippen LogP contribution >= 0.6 is 14.1 Å². The summed E-state index contributed by atoms with van der Waals surface area (Å²) < 4.78 is 12.2. The Labute approximate surface area is 199 Å². The molecule has 0 spiro atoms. The molecule has 0 aromatic heterocycles. The summed E-state index contributed by atoms with van der Waals surface area (Å²) in [6, 6.07) is 0. The molecule has 0 aliphatic heterocycles. The second kappa shape index (κ2) is 8.41. The molecule has 5 heteroatoms. The van der Waals surface area contributed by atoms with Crippen molar-refractivity contribution in [3.63, 3.8) is 0 Å². The van der Waals surface area contributed by atoms with Crippen LogP contribution in [0.15, 0.2) is 8.82 Å². The number of hydrogen-bond donors (Lipinski definition) is 0. The molecule has 0 rings (SSSR count). The van der Waals surface area contributed by atoms with E-state index in [1.165, 1.54) is 0 Å². The summed E-state index contributed by atoms with van der Waals surface area (Å²) >= 11 is 0. The summed E-state index contributed by atoms with van der Waals surface area (Å²) in [6.45, 7) is 48.7. The lowest BCUT2D eigenvalue weighted by molar-refractivity contribution is 0.628. The van der Waals surface area contributed by atoms with Gasteiger partial charge in [0, 0.05) is 0 Å². The Morgan fingerprint density at radius 3 is 0.581 bits per heavy atom. The fraction of sp³-hybridized carbons (Fsp3) is 1.00. The van der Waals surface area contributed by atoms with E-state index >= 15 is 0 Å². The monoisotopic (exact) mass is 490 g/mol. The minimum Gasteiger partial charge on any atom is -0.311 e. The van der Waals surface area contributed by atoms with Crippen molar-refractivity contribution in [2.45, 2.75) is 169 Å². The number of rotatable bonds is 2. The Balaban J connectivity index is 8.00. The zero-order valence-electron chi connectivity index (χ0n) is 25.3. The van der Waals surface area contributed by atoms with Gasteiger partial charge < -0.3 is 8.82 Å². The first kappa shape index (κ1) is 31.7. The van der Waals surface area contributed by atoms with Gasteiger partial charge in [-0.2, -0.15) is 0 Å². The minimum absolute atomic E-state index is 0.135. The summed E-state index contributed by atoms with van der Waals surface area (Å²) in [7, 11) is -5.89. The molecule has 0 atom stereocenters. The molecule has 0 heterocycles. The Hall–Kier alpha value is 0.677. The SMILES string of the molecule is CC(C)(C)P(=N[Si](C)(C)N=P(C(C)(C)C)(C(C)(C)C)C(C)(C)C)(C(C)(C)C)C(C)(C)C. The first-order valence-corrected chi connectivity index (χ1v) is 18.6. The van der Waals surface area contributed by atoms with E-state index in [0.29, 0.717) is 0 Å². The Bertz CT molecular complexity index is 599. The van der Waals surface area contributed by atoms with E-state index in [9.17, 15) is 0 Å². The topological polar surface area (TPSA) is 24.7 Å². The molecule has 0 aromatic rings. The smallest absolute Gasteiger partial charge is 0.292 e. The van der Waals surface area contributed by atoms with Crippen molar-refractivity contribution in [1.29, 1.82) is 0 Å². The van der Waals surface area contributed by atoms with Crippen LogP contribution < -0.4 is 0 Å². The molecular formula is C26H60N2P2Si. The van der Waals surface area contributed by atoms with Crippen LogP contribution in [0.4, 0.5) is 0 Å². The lowest BCUT2D eigenvalue weighted by Gasteiger charge is -2.57. The summed E-state index contributed by atoms with van der Waals surface area (Å²) in [5.74, 6) is 0. The van der Waals surface area contributed by atoms with Gasteiger partial charge in [0.2, 0.25) is 0 Å². The second-order valence-corrected chi connectivity index (χ2v) is 31.2. The third kappa shape index (κ3) is 5.67. The van der Waals surface area contributed by atoms with Gasteiger partial charge in [-0.3, -0.25) is 0 Å². The highest BCUT2D eigenvalue weighted by atomic mass is 31.2. The van der Waals surface area contributed by atoms with E-state index < -0.39 is 22.5 Å². The minimum atomic E-state index is -2.28. The van der Waals surface area contributed by atoms with E-state index in [1.807, 2.05) is 0 Å². The fourth-order valence-electron chi connectivity index (χ4n) is 7.69. The molecule has 0 fully saturated rings. The van der Waals surface area contributed by atoms with Crippen LogP contribution in [0.3, 0.4) is 0 Å².